The number of likely N-dealkylation sites (tertiary alicyclic amines) is 2. The van der Waals surface area contributed by atoms with Crippen LogP contribution < -0.4 is 0 Å². The van der Waals surface area contributed by atoms with Gasteiger partial charge in [0, 0.05) is 35.3 Å². The summed E-state index contributed by atoms with van der Waals surface area (Å²) >= 11 is 0. The van der Waals surface area contributed by atoms with Gasteiger partial charge in [0.1, 0.15) is 11.5 Å². The quantitative estimate of drug-likeness (QED) is 0.321. The third-order valence-electron chi connectivity index (χ3n) is 8.14. The standard InChI is InChI=1S/C32H36N2O2/c35-31-25(21-33-15-7-1-8-16-33)19-23-11-3-5-13-27(23)29(31)30-28-14-6-4-12-24(28)20-26(32(30)36)22-34-17-9-2-10-18-34/h3-6,11-14,19-20,35-36H,1-2,7-10,15-18,21-22H2. The molecule has 4 aromatic carbocycles. The molecule has 2 saturated heterocycles. The van der Waals surface area contributed by atoms with Crippen LogP contribution in [0.5, 0.6) is 11.5 Å². The fourth-order valence-corrected chi connectivity index (χ4v) is 6.25. The van der Waals surface area contributed by atoms with E-state index in [0.29, 0.717) is 11.5 Å². The van der Waals surface area contributed by atoms with Gasteiger partial charge in [0.05, 0.1) is 0 Å². The molecule has 4 nitrogen and oxygen atoms in total. The highest BCUT2D eigenvalue weighted by atomic mass is 16.3. The highest BCUT2D eigenvalue weighted by molar-refractivity contribution is 6.10. The van der Waals surface area contributed by atoms with E-state index in [1.807, 2.05) is 12.1 Å². The molecule has 0 bridgehead atoms. The molecule has 0 aliphatic carbocycles. The van der Waals surface area contributed by atoms with Crippen molar-refractivity contribution in [1.29, 1.82) is 0 Å². The van der Waals surface area contributed by atoms with Gasteiger partial charge < -0.3 is 10.2 Å². The molecule has 2 aliphatic rings. The van der Waals surface area contributed by atoms with Crippen molar-refractivity contribution in [2.45, 2.75) is 51.6 Å². The van der Waals surface area contributed by atoms with Crippen LogP contribution >= 0.6 is 0 Å². The molecule has 0 saturated carbocycles. The summed E-state index contributed by atoms with van der Waals surface area (Å²) in [5, 5.41) is 27.8. The second-order valence-electron chi connectivity index (χ2n) is 10.6. The summed E-state index contributed by atoms with van der Waals surface area (Å²) in [4.78, 5) is 4.89. The largest absolute Gasteiger partial charge is 0.507 e. The minimum Gasteiger partial charge on any atom is -0.507 e. The number of aromatic hydroxyl groups is 2. The van der Waals surface area contributed by atoms with E-state index in [2.05, 4.69) is 58.3 Å². The van der Waals surface area contributed by atoms with Crippen molar-refractivity contribution in [2.24, 2.45) is 0 Å². The van der Waals surface area contributed by atoms with Crippen LogP contribution in [0.3, 0.4) is 0 Å². The van der Waals surface area contributed by atoms with Gasteiger partial charge in [-0.3, -0.25) is 9.80 Å². The first-order chi connectivity index (χ1) is 17.7. The Kier molecular flexibility index (Phi) is 6.56. The molecule has 2 fully saturated rings. The third-order valence-corrected chi connectivity index (χ3v) is 8.14. The van der Waals surface area contributed by atoms with E-state index in [1.54, 1.807) is 0 Å². The van der Waals surface area contributed by atoms with Crippen molar-refractivity contribution < 1.29 is 10.2 Å². The zero-order valence-corrected chi connectivity index (χ0v) is 21.0. The van der Waals surface area contributed by atoms with E-state index in [9.17, 15) is 10.2 Å². The highest BCUT2D eigenvalue weighted by Crippen LogP contribution is 2.48. The number of fused-ring (bicyclic) bond motifs is 2. The van der Waals surface area contributed by atoms with E-state index in [1.165, 1.54) is 38.5 Å². The SMILES string of the molecule is Oc1c(CN2CCCCC2)cc2ccccc2c1-c1c(O)c(CN2CCCCC2)cc2ccccc12. The van der Waals surface area contributed by atoms with Gasteiger partial charge in [0.15, 0.2) is 0 Å². The number of piperidine rings is 2. The number of phenols is 2. The smallest absolute Gasteiger partial charge is 0.128 e. The molecule has 4 heteroatoms. The van der Waals surface area contributed by atoms with Gasteiger partial charge in [-0.15, -0.1) is 0 Å². The fraction of sp³-hybridized carbons (Fsp3) is 0.375. The summed E-state index contributed by atoms with van der Waals surface area (Å²) in [6, 6.07) is 20.8. The predicted octanol–water partition coefficient (Wildman–Crippen LogP) is 7.04. The van der Waals surface area contributed by atoms with Crippen LogP contribution in [0.2, 0.25) is 0 Å². The van der Waals surface area contributed by atoms with Crippen molar-refractivity contribution in [3.63, 3.8) is 0 Å². The number of rotatable bonds is 5. The Bertz CT molecular complexity index is 1280. The van der Waals surface area contributed by atoms with E-state index in [-0.39, 0.29) is 0 Å². The Hall–Kier alpha value is -3.08. The molecule has 0 atom stereocenters. The van der Waals surface area contributed by atoms with E-state index in [4.69, 9.17) is 0 Å². The summed E-state index contributed by atoms with van der Waals surface area (Å²) in [5.74, 6) is 0.602. The van der Waals surface area contributed by atoms with Gasteiger partial charge >= 0.3 is 0 Å². The minimum absolute atomic E-state index is 0.301. The monoisotopic (exact) mass is 480 g/mol. The summed E-state index contributed by atoms with van der Waals surface area (Å²) in [6.45, 7) is 5.75. The van der Waals surface area contributed by atoms with Crippen molar-refractivity contribution in [2.75, 3.05) is 26.2 Å². The maximum absolute atomic E-state index is 11.8. The van der Waals surface area contributed by atoms with Gasteiger partial charge in [-0.05, 0) is 85.5 Å². The lowest BCUT2D eigenvalue weighted by molar-refractivity contribution is 0.218. The summed E-state index contributed by atoms with van der Waals surface area (Å²) < 4.78 is 0. The zero-order chi connectivity index (χ0) is 24.5. The van der Waals surface area contributed by atoms with E-state index >= 15 is 0 Å². The van der Waals surface area contributed by atoms with Crippen molar-refractivity contribution >= 4 is 21.5 Å². The third kappa shape index (κ3) is 4.44. The first-order valence-electron chi connectivity index (χ1n) is 13.6. The number of nitrogens with zero attached hydrogens (tertiary/aromatic N) is 2. The Morgan fingerprint density at radius 2 is 0.917 bits per heavy atom. The Morgan fingerprint density at radius 1 is 0.528 bits per heavy atom. The first kappa shape index (κ1) is 23.3. The molecule has 2 heterocycles. The van der Waals surface area contributed by atoms with Crippen molar-refractivity contribution in [3.05, 3.63) is 71.8 Å². The van der Waals surface area contributed by atoms with Crippen LogP contribution in [0, 0.1) is 0 Å². The fourth-order valence-electron chi connectivity index (χ4n) is 6.25. The van der Waals surface area contributed by atoms with Crippen LogP contribution in [0.25, 0.3) is 32.7 Å². The average molecular weight is 481 g/mol. The molecular formula is C32H36N2O2. The minimum atomic E-state index is 0.301. The molecule has 0 radical (unpaired) electrons. The molecular weight excluding hydrogens is 444 g/mol. The van der Waals surface area contributed by atoms with Gasteiger partial charge in [-0.2, -0.15) is 0 Å². The van der Waals surface area contributed by atoms with Gasteiger partial charge in [-0.25, -0.2) is 0 Å². The lowest BCUT2D eigenvalue weighted by Crippen LogP contribution is -2.29. The molecule has 2 aliphatic heterocycles. The molecule has 186 valence electrons. The van der Waals surface area contributed by atoms with Gasteiger partial charge in [0.2, 0.25) is 0 Å². The lowest BCUT2D eigenvalue weighted by atomic mass is 9.88. The van der Waals surface area contributed by atoms with Crippen molar-refractivity contribution in [1.82, 2.24) is 9.80 Å². The Labute approximate surface area is 213 Å². The van der Waals surface area contributed by atoms with Crippen LogP contribution in [-0.2, 0) is 13.1 Å². The Balaban J connectivity index is 1.55. The van der Waals surface area contributed by atoms with Crippen LogP contribution in [0.4, 0.5) is 0 Å². The highest BCUT2D eigenvalue weighted by Gasteiger charge is 2.24. The summed E-state index contributed by atoms with van der Waals surface area (Å²) in [5.41, 5.74) is 3.40. The van der Waals surface area contributed by atoms with E-state index in [0.717, 1.165) is 83.1 Å². The molecule has 4 aromatic rings. The summed E-state index contributed by atoms with van der Waals surface area (Å²) in [7, 11) is 0. The summed E-state index contributed by atoms with van der Waals surface area (Å²) in [6.07, 6.45) is 7.43. The average Bonchev–Trinajstić information content (AvgIpc) is 2.92. The normalized spacial score (nSPS) is 17.7. The molecule has 0 amide bonds. The number of hydrogen-bond acceptors (Lipinski definition) is 4. The zero-order valence-electron chi connectivity index (χ0n) is 21.0. The molecule has 36 heavy (non-hydrogen) atoms. The van der Waals surface area contributed by atoms with E-state index < -0.39 is 0 Å². The molecule has 2 N–H and O–H groups in total. The van der Waals surface area contributed by atoms with Crippen LogP contribution in [0.1, 0.15) is 49.7 Å². The first-order valence-corrected chi connectivity index (χ1v) is 13.6. The Morgan fingerprint density at radius 3 is 1.33 bits per heavy atom. The number of phenolic OH excluding ortho intramolecular Hbond substituents is 2. The topological polar surface area (TPSA) is 46.9 Å². The molecule has 0 unspecified atom stereocenters. The predicted molar refractivity (Wildman–Crippen MR) is 148 cm³/mol. The second-order valence-corrected chi connectivity index (χ2v) is 10.6. The van der Waals surface area contributed by atoms with Crippen LogP contribution in [0.15, 0.2) is 60.7 Å². The van der Waals surface area contributed by atoms with Gasteiger partial charge in [0.25, 0.3) is 0 Å². The maximum Gasteiger partial charge on any atom is 0.128 e. The number of hydrogen-bond donors (Lipinski definition) is 2. The molecule has 0 spiro atoms. The number of benzene rings is 4. The van der Waals surface area contributed by atoms with Crippen LogP contribution in [-0.4, -0.2) is 46.2 Å². The lowest BCUT2D eigenvalue weighted by Gasteiger charge is -2.28. The van der Waals surface area contributed by atoms with Gasteiger partial charge in [-0.1, -0.05) is 61.4 Å². The van der Waals surface area contributed by atoms with Crippen molar-refractivity contribution in [3.8, 4) is 22.6 Å². The molecule has 6 rings (SSSR count). The maximum atomic E-state index is 11.8. The molecule has 0 aromatic heterocycles. The second kappa shape index (κ2) is 10.1.